The molecule has 0 aromatic heterocycles. The second kappa shape index (κ2) is 10.1. The first kappa shape index (κ1) is 19.3. The first-order valence-electron chi connectivity index (χ1n) is 8.46. The van der Waals surface area contributed by atoms with Crippen LogP contribution in [0.4, 0.5) is 0 Å². The summed E-state index contributed by atoms with van der Waals surface area (Å²) < 4.78 is 10.5. The molecule has 1 aromatic rings. The van der Waals surface area contributed by atoms with E-state index in [1.54, 1.807) is 14.2 Å². The van der Waals surface area contributed by atoms with Crippen molar-refractivity contribution in [3.8, 4) is 11.5 Å². The minimum absolute atomic E-state index is 0.101. The van der Waals surface area contributed by atoms with Crippen LogP contribution in [0.5, 0.6) is 11.5 Å². The minimum Gasteiger partial charge on any atom is -0.497 e. The van der Waals surface area contributed by atoms with Crippen molar-refractivity contribution < 1.29 is 14.3 Å². The van der Waals surface area contributed by atoms with Crippen molar-refractivity contribution in [1.82, 2.24) is 5.32 Å². The number of ether oxygens (including phenoxy) is 2. The van der Waals surface area contributed by atoms with Gasteiger partial charge in [-0.25, -0.2) is 0 Å². The summed E-state index contributed by atoms with van der Waals surface area (Å²) in [4.78, 5) is 12.1. The van der Waals surface area contributed by atoms with Gasteiger partial charge in [0.1, 0.15) is 11.5 Å². The Kier molecular flexibility index (Phi) is 8.52. The van der Waals surface area contributed by atoms with Crippen LogP contribution in [0.25, 0.3) is 0 Å². The summed E-state index contributed by atoms with van der Waals surface area (Å²) in [6, 6.07) is 5.96. The van der Waals surface area contributed by atoms with Crippen molar-refractivity contribution in [3.05, 3.63) is 23.8 Å². The third kappa shape index (κ3) is 7.91. The lowest BCUT2D eigenvalue weighted by Gasteiger charge is -2.15. The minimum atomic E-state index is 0.101. The number of amides is 1. The maximum Gasteiger partial charge on any atom is 0.220 e. The molecule has 0 aliphatic carbocycles. The van der Waals surface area contributed by atoms with E-state index < -0.39 is 0 Å². The average Bonchev–Trinajstić information content (AvgIpc) is 2.52. The van der Waals surface area contributed by atoms with E-state index in [2.05, 4.69) is 26.1 Å². The Labute approximate surface area is 140 Å². The smallest absolute Gasteiger partial charge is 0.220 e. The molecule has 4 nitrogen and oxygen atoms in total. The molecule has 1 aromatic carbocycles. The summed E-state index contributed by atoms with van der Waals surface area (Å²) in [5.74, 6) is 2.33. The van der Waals surface area contributed by atoms with E-state index in [4.69, 9.17) is 9.47 Å². The molecule has 1 atom stereocenters. The lowest BCUT2D eigenvalue weighted by Crippen LogP contribution is -2.32. The van der Waals surface area contributed by atoms with Gasteiger partial charge in [0, 0.05) is 18.5 Å². The zero-order chi connectivity index (χ0) is 17.2. The third-order valence-electron chi connectivity index (χ3n) is 3.88. The molecule has 1 N–H and O–H groups in total. The van der Waals surface area contributed by atoms with E-state index >= 15 is 0 Å². The summed E-state index contributed by atoms with van der Waals surface area (Å²) in [5.41, 5.74) is 1.05. The zero-order valence-corrected chi connectivity index (χ0v) is 15.1. The number of benzene rings is 1. The molecule has 1 unspecified atom stereocenters. The lowest BCUT2D eigenvalue weighted by molar-refractivity contribution is -0.121. The maximum atomic E-state index is 12.1. The fourth-order valence-corrected chi connectivity index (χ4v) is 2.52. The van der Waals surface area contributed by atoms with Gasteiger partial charge in [0.2, 0.25) is 5.91 Å². The molecule has 0 heterocycles. The van der Waals surface area contributed by atoms with Crippen LogP contribution in [0.15, 0.2) is 18.2 Å². The second-order valence-electron chi connectivity index (χ2n) is 6.51. The van der Waals surface area contributed by atoms with Crippen LogP contribution in [0.1, 0.15) is 52.0 Å². The Hall–Kier alpha value is -1.71. The molecule has 1 amide bonds. The van der Waals surface area contributed by atoms with Crippen molar-refractivity contribution in [1.29, 1.82) is 0 Å². The molecule has 130 valence electrons. The molecular weight excluding hydrogens is 290 g/mol. The summed E-state index contributed by atoms with van der Waals surface area (Å²) in [6.07, 6.45) is 4.57. The maximum absolute atomic E-state index is 12.1. The number of hydrogen-bond acceptors (Lipinski definition) is 3. The molecule has 23 heavy (non-hydrogen) atoms. The zero-order valence-electron chi connectivity index (χ0n) is 15.1. The average molecular weight is 321 g/mol. The standard InChI is InChI=1S/C19H31NO3/c1-14(2)7-6-8-15(3)20-19(21)10-9-16-11-17(22-4)13-18(12-16)23-5/h11-15H,6-10H2,1-5H3,(H,20,21). The molecule has 4 heteroatoms. The fourth-order valence-electron chi connectivity index (χ4n) is 2.52. The number of methoxy groups -OCH3 is 2. The first-order chi connectivity index (χ1) is 10.9. The fraction of sp³-hybridized carbons (Fsp3) is 0.632. The number of aryl methyl sites for hydroxylation is 1. The molecule has 0 fully saturated rings. The van der Waals surface area contributed by atoms with Crippen molar-refractivity contribution in [2.45, 2.75) is 58.9 Å². The van der Waals surface area contributed by atoms with Gasteiger partial charge in [-0.2, -0.15) is 0 Å². The second-order valence-corrected chi connectivity index (χ2v) is 6.51. The van der Waals surface area contributed by atoms with Gasteiger partial charge < -0.3 is 14.8 Å². The molecule has 0 bridgehead atoms. The predicted octanol–water partition coefficient (Wildman–Crippen LogP) is 3.97. The molecule has 0 radical (unpaired) electrons. The van der Waals surface area contributed by atoms with Gasteiger partial charge in [0.15, 0.2) is 0 Å². The number of nitrogens with one attached hydrogen (secondary N) is 1. The van der Waals surface area contributed by atoms with Gasteiger partial charge in [-0.15, -0.1) is 0 Å². The van der Waals surface area contributed by atoms with E-state index in [0.29, 0.717) is 12.8 Å². The monoisotopic (exact) mass is 321 g/mol. The number of carbonyl (C=O) groups is 1. The highest BCUT2D eigenvalue weighted by Gasteiger charge is 2.09. The highest BCUT2D eigenvalue weighted by Crippen LogP contribution is 2.23. The number of carbonyl (C=O) groups excluding carboxylic acids is 1. The van der Waals surface area contributed by atoms with Crippen LogP contribution in [-0.2, 0) is 11.2 Å². The first-order valence-corrected chi connectivity index (χ1v) is 8.46. The van der Waals surface area contributed by atoms with Gasteiger partial charge in [-0.3, -0.25) is 4.79 Å². The number of hydrogen-bond donors (Lipinski definition) is 1. The Morgan fingerprint density at radius 2 is 1.65 bits per heavy atom. The lowest BCUT2D eigenvalue weighted by atomic mass is 10.0. The molecular formula is C19H31NO3. The van der Waals surface area contributed by atoms with Crippen LogP contribution in [-0.4, -0.2) is 26.2 Å². The highest BCUT2D eigenvalue weighted by atomic mass is 16.5. The molecule has 1 rings (SSSR count). The molecule has 0 spiro atoms. The van der Waals surface area contributed by atoms with Crippen molar-refractivity contribution in [2.75, 3.05) is 14.2 Å². The summed E-state index contributed by atoms with van der Waals surface area (Å²) >= 11 is 0. The van der Waals surface area contributed by atoms with Crippen molar-refractivity contribution in [2.24, 2.45) is 5.92 Å². The van der Waals surface area contributed by atoms with Crippen molar-refractivity contribution in [3.63, 3.8) is 0 Å². The van der Waals surface area contributed by atoms with Gasteiger partial charge in [0.25, 0.3) is 0 Å². The van der Waals surface area contributed by atoms with E-state index in [-0.39, 0.29) is 11.9 Å². The SMILES string of the molecule is COc1cc(CCC(=O)NC(C)CCCC(C)C)cc(OC)c1. The Bertz CT molecular complexity index is 463. The molecule has 0 saturated carbocycles. The van der Waals surface area contributed by atoms with Crippen molar-refractivity contribution >= 4 is 5.91 Å². The van der Waals surface area contributed by atoms with Crippen LogP contribution >= 0.6 is 0 Å². The van der Waals surface area contributed by atoms with Gasteiger partial charge in [-0.1, -0.05) is 26.7 Å². The van der Waals surface area contributed by atoms with Crippen LogP contribution in [0.3, 0.4) is 0 Å². The van der Waals surface area contributed by atoms with E-state index in [1.807, 2.05) is 18.2 Å². The largest absolute Gasteiger partial charge is 0.497 e. The van der Waals surface area contributed by atoms with Crippen LogP contribution < -0.4 is 14.8 Å². The Balaban J connectivity index is 2.40. The van der Waals surface area contributed by atoms with E-state index in [0.717, 1.165) is 35.8 Å². The molecule has 0 aliphatic heterocycles. The topological polar surface area (TPSA) is 47.6 Å². The Morgan fingerprint density at radius 3 is 2.17 bits per heavy atom. The summed E-state index contributed by atoms with van der Waals surface area (Å²) in [7, 11) is 3.26. The Morgan fingerprint density at radius 1 is 1.04 bits per heavy atom. The quantitative estimate of drug-likeness (QED) is 0.709. The molecule has 0 aliphatic rings. The van der Waals surface area contributed by atoms with E-state index in [9.17, 15) is 4.79 Å². The van der Waals surface area contributed by atoms with Gasteiger partial charge in [0.05, 0.1) is 14.2 Å². The van der Waals surface area contributed by atoms with E-state index in [1.165, 1.54) is 6.42 Å². The van der Waals surface area contributed by atoms with Crippen LogP contribution in [0, 0.1) is 5.92 Å². The van der Waals surface area contributed by atoms with Gasteiger partial charge >= 0.3 is 0 Å². The normalized spacial score (nSPS) is 12.1. The predicted molar refractivity (Wildman–Crippen MR) is 94.2 cm³/mol. The summed E-state index contributed by atoms with van der Waals surface area (Å²) in [5, 5.41) is 3.08. The summed E-state index contributed by atoms with van der Waals surface area (Å²) in [6.45, 7) is 6.53. The van der Waals surface area contributed by atoms with Crippen LogP contribution in [0.2, 0.25) is 0 Å². The molecule has 0 saturated heterocycles. The number of rotatable bonds is 10. The van der Waals surface area contributed by atoms with Gasteiger partial charge in [-0.05, 0) is 43.4 Å². The third-order valence-corrected chi connectivity index (χ3v) is 3.88. The highest BCUT2D eigenvalue weighted by molar-refractivity contribution is 5.76.